The van der Waals surface area contributed by atoms with E-state index in [-0.39, 0.29) is 0 Å². The molecule has 0 fully saturated rings. The number of hydrogen-bond donors (Lipinski definition) is 1. The van der Waals surface area contributed by atoms with Crippen molar-refractivity contribution in [2.45, 2.75) is 26.8 Å². The van der Waals surface area contributed by atoms with Crippen molar-refractivity contribution in [1.29, 1.82) is 0 Å². The van der Waals surface area contributed by atoms with Crippen molar-refractivity contribution in [2.75, 3.05) is 7.11 Å². The number of aryl methyl sites for hydroxylation is 1. The van der Waals surface area contributed by atoms with Gasteiger partial charge >= 0.3 is 0 Å². The Morgan fingerprint density at radius 1 is 1.25 bits per heavy atom. The molecular weight excluding hydrogens is 302 g/mol. The van der Waals surface area contributed by atoms with Gasteiger partial charge in [0.15, 0.2) is 0 Å². The van der Waals surface area contributed by atoms with Crippen LogP contribution in [0.2, 0.25) is 0 Å². The van der Waals surface area contributed by atoms with Crippen molar-refractivity contribution < 1.29 is 4.74 Å². The van der Waals surface area contributed by atoms with E-state index in [4.69, 9.17) is 4.74 Å². The van der Waals surface area contributed by atoms with Gasteiger partial charge in [0.1, 0.15) is 22.7 Å². The maximum atomic E-state index is 5.50. The lowest BCUT2D eigenvalue weighted by Crippen LogP contribution is -2.02. The fourth-order valence-electron chi connectivity index (χ4n) is 3.32. The van der Waals surface area contributed by atoms with Crippen LogP contribution in [0.1, 0.15) is 25.7 Å². The molecule has 6 heteroatoms. The van der Waals surface area contributed by atoms with Crippen LogP contribution >= 0.6 is 0 Å². The molecule has 4 rings (SSSR count). The number of aromatic amines is 1. The lowest BCUT2D eigenvalue weighted by Gasteiger charge is -2.11. The van der Waals surface area contributed by atoms with Crippen LogP contribution in [0.15, 0.2) is 30.7 Å². The second kappa shape index (κ2) is 5.33. The Balaban J connectivity index is 1.99. The molecule has 0 saturated heterocycles. The van der Waals surface area contributed by atoms with E-state index in [9.17, 15) is 0 Å². The monoisotopic (exact) mass is 321 g/mol. The van der Waals surface area contributed by atoms with E-state index in [0.717, 1.165) is 44.9 Å². The maximum absolute atomic E-state index is 5.50. The van der Waals surface area contributed by atoms with Crippen LogP contribution in [0.4, 0.5) is 0 Å². The van der Waals surface area contributed by atoms with Gasteiger partial charge in [0, 0.05) is 24.0 Å². The van der Waals surface area contributed by atoms with Gasteiger partial charge in [0.25, 0.3) is 0 Å². The standard InChI is InChI=1S/C18H19N5O/c1-10(2)23-11(3)22-14-9-20-13(7-15(14)23)12-8-21-18-17(12)16(24-4)5-6-19-18/h5-10H,1-4H3,(H,19,21). The second-order valence-electron chi connectivity index (χ2n) is 6.12. The third-order valence-electron chi connectivity index (χ3n) is 4.30. The topological polar surface area (TPSA) is 68.6 Å². The van der Waals surface area contributed by atoms with Crippen molar-refractivity contribution in [1.82, 2.24) is 24.5 Å². The van der Waals surface area contributed by atoms with Crippen molar-refractivity contribution >= 4 is 22.1 Å². The Hall–Kier alpha value is -2.89. The molecule has 0 unspecified atom stereocenters. The highest BCUT2D eigenvalue weighted by molar-refractivity contribution is 5.98. The predicted molar refractivity (Wildman–Crippen MR) is 94.3 cm³/mol. The van der Waals surface area contributed by atoms with Crippen LogP contribution in [-0.4, -0.2) is 31.6 Å². The van der Waals surface area contributed by atoms with Crippen molar-refractivity contribution in [3.63, 3.8) is 0 Å². The highest BCUT2D eigenvalue weighted by Crippen LogP contribution is 2.34. The molecule has 0 aliphatic heterocycles. The summed E-state index contributed by atoms with van der Waals surface area (Å²) in [5.41, 5.74) is 4.65. The Kier molecular flexibility index (Phi) is 3.26. The summed E-state index contributed by atoms with van der Waals surface area (Å²) in [5.74, 6) is 1.78. The number of aromatic nitrogens is 5. The normalized spacial score (nSPS) is 11.7. The minimum absolute atomic E-state index is 0.337. The third-order valence-corrected chi connectivity index (χ3v) is 4.30. The Morgan fingerprint density at radius 2 is 2.08 bits per heavy atom. The summed E-state index contributed by atoms with van der Waals surface area (Å²) >= 11 is 0. The number of hydrogen-bond acceptors (Lipinski definition) is 4. The number of H-pyrrole nitrogens is 1. The van der Waals surface area contributed by atoms with Crippen LogP contribution < -0.4 is 4.74 Å². The summed E-state index contributed by atoms with van der Waals surface area (Å²) in [6.45, 7) is 6.35. The number of nitrogens with one attached hydrogen (secondary N) is 1. The van der Waals surface area contributed by atoms with Gasteiger partial charge in [0.2, 0.25) is 0 Å². The highest BCUT2D eigenvalue weighted by atomic mass is 16.5. The van der Waals surface area contributed by atoms with E-state index in [1.165, 1.54) is 0 Å². The van der Waals surface area contributed by atoms with Crippen LogP contribution in [0, 0.1) is 6.92 Å². The molecule has 0 aliphatic carbocycles. The molecule has 24 heavy (non-hydrogen) atoms. The average molecular weight is 321 g/mol. The van der Waals surface area contributed by atoms with Crippen LogP contribution in [0.25, 0.3) is 33.3 Å². The van der Waals surface area contributed by atoms with Crippen molar-refractivity contribution in [3.8, 4) is 17.0 Å². The molecule has 0 bridgehead atoms. The summed E-state index contributed by atoms with van der Waals surface area (Å²) in [6.07, 6.45) is 5.49. The largest absolute Gasteiger partial charge is 0.496 e. The maximum Gasteiger partial charge on any atom is 0.141 e. The van der Waals surface area contributed by atoms with Gasteiger partial charge in [-0.25, -0.2) is 9.97 Å². The minimum atomic E-state index is 0.337. The van der Waals surface area contributed by atoms with Gasteiger partial charge < -0.3 is 14.3 Å². The average Bonchev–Trinajstić information content (AvgIpc) is 3.13. The minimum Gasteiger partial charge on any atom is -0.496 e. The third kappa shape index (κ3) is 2.06. The summed E-state index contributed by atoms with van der Waals surface area (Å²) in [5, 5.41) is 0.944. The molecule has 122 valence electrons. The van der Waals surface area contributed by atoms with Gasteiger partial charge in [-0.1, -0.05) is 0 Å². The smallest absolute Gasteiger partial charge is 0.141 e. The van der Waals surface area contributed by atoms with E-state index >= 15 is 0 Å². The number of nitrogens with zero attached hydrogens (tertiary/aromatic N) is 4. The molecule has 0 aliphatic rings. The molecular formula is C18H19N5O. The summed E-state index contributed by atoms with van der Waals surface area (Å²) in [7, 11) is 1.67. The van der Waals surface area contributed by atoms with Crippen molar-refractivity contribution in [3.05, 3.63) is 36.5 Å². The predicted octanol–water partition coefficient (Wildman–Crippen LogP) is 3.87. The molecule has 4 aromatic heterocycles. The zero-order valence-corrected chi connectivity index (χ0v) is 14.2. The van der Waals surface area contributed by atoms with E-state index < -0.39 is 0 Å². The van der Waals surface area contributed by atoms with E-state index in [2.05, 4.69) is 44.4 Å². The number of ether oxygens (including phenoxy) is 1. The fourth-order valence-corrected chi connectivity index (χ4v) is 3.32. The fraction of sp³-hybridized carbons (Fsp3) is 0.278. The Bertz CT molecular complexity index is 1040. The van der Waals surface area contributed by atoms with Crippen LogP contribution in [0.3, 0.4) is 0 Å². The molecule has 1 N–H and O–H groups in total. The summed E-state index contributed by atoms with van der Waals surface area (Å²) < 4.78 is 7.72. The van der Waals surface area contributed by atoms with Crippen LogP contribution in [-0.2, 0) is 0 Å². The van der Waals surface area contributed by atoms with Crippen molar-refractivity contribution in [2.24, 2.45) is 0 Å². The number of imidazole rings is 1. The summed E-state index contributed by atoms with van der Waals surface area (Å²) in [4.78, 5) is 16.8. The number of methoxy groups -OCH3 is 1. The van der Waals surface area contributed by atoms with E-state index in [1.807, 2.05) is 25.4 Å². The van der Waals surface area contributed by atoms with Gasteiger partial charge in [-0.15, -0.1) is 0 Å². The first kappa shape index (κ1) is 14.7. The molecule has 0 radical (unpaired) electrons. The lowest BCUT2D eigenvalue weighted by atomic mass is 10.1. The quantitative estimate of drug-likeness (QED) is 0.622. The van der Waals surface area contributed by atoms with Crippen LogP contribution in [0.5, 0.6) is 5.75 Å². The zero-order chi connectivity index (χ0) is 16.8. The summed E-state index contributed by atoms with van der Waals surface area (Å²) in [6, 6.07) is 4.29. The molecule has 0 atom stereocenters. The lowest BCUT2D eigenvalue weighted by molar-refractivity contribution is 0.419. The number of rotatable bonds is 3. The van der Waals surface area contributed by atoms with Gasteiger partial charge in [-0.05, 0) is 32.9 Å². The van der Waals surface area contributed by atoms with Gasteiger partial charge in [-0.2, -0.15) is 0 Å². The number of pyridine rings is 2. The molecule has 0 aromatic carbocycles. The van der Waals surface area contributed by atoms with E-state index in [1.54, 1.807) is 13.3 Å². The first-order chi connectivity index (χ1) is 11.6. The van der Waals surface area contributed by atoms with Gasteiger partial charge in [-0.3, -0.25) is 4.98 Å². The first-order valence-electron chi connectivity index (χ1n) is 7.95. The highest BCUT2D eigenvalue weighted by Gasteiger charge is 2.16. The van der Waals surface area contributed by atoms with Gasteiger partial charge in [0.05, 0.1) is 29.9 Å². The SMILES string of the molecule is COc1ccnc2[nH]cc(-c3cc4c(cn3)nc(C)n4C(C)C)c12. The number of fused-ring (bicyclic) bond motifs is 2. The molecule has 6 nitrogen and oxygen atoms in total. The zero-order valence-electron chi connectivity index (χ0n) is 14.2. The molecule has 0 saturated carbocycles. The first-order valence-corrected chi connectivity index (χ1v) is 7.95. The molecule has 4 heterocycles. The molecule has 4 aromatic rings. The Labute approximate surface area is 139 Å². The Morgan fingerprint density at radius 3 is 2.83 bits per heavy atom. The van der Waals surface area contributed by atoms with E-state index in [0.29, 0.717) is 6.04 Å². The molecule has 0 amide bonds. The second-order valence-corrected chi connectivity index (χ2v) is 6.12. The molecule has 0 spiro atoms.